The number of carbonyl (C=O) groups excluding carboxylic acids is 2. The van der Waals surface area contributed by atoms with Crippen LogP contribution in [0.1, 0.15) is 58.1 Å². The van der Waals surface area contributed by atoms with Crippen LogP contribution in [0, 0.1) is 0 Å². The summed E-state index contributed by atoms with van der Waals surface area (Å²) in [5, 5.41) is 3.36. The molecule has 0 spiro atoms. The van der Waals surface area contributed by atoms with Crippen molar-refractivity contribution in [2.75, 3.05) is 17.1 Å². The number of halogens is 1. The smallest absolute Gasteiger partial charge is 0.244 e. The summed E-state index contributed by atoms with van der Waals surface area (Å²) in [6.07, 6.45) is 1.80. The van der Waals surface area contributed by atoms with Gasteiger partial charge >= 0.3 is 0 Å². The molecule has 2 rings (SSSR count). The fourth-order valence-electron chi connectivity index (χ4n) is 3.50. The minimum atomic E-state index is -3.77. The predicted octanol–water partition coefficient (Wildman–Crippen LogP) is 4.56. The lowest BCUT2D eigenvalue weighted by Crippen LogP contribution is -2.52. The Morgan fingerprint density at radius 1 is 1.00 bits per heavy atom. The third kappa shape index (κ3) is 7.97. The Kier molecular flexibility index (Phi) is 10.2. The number of amides is 2. The van der Waals surface area contributed by atoms with Crippen molar-refractivity contribution < 1.29 is 18.0 Å². The van der Waals surface area contributed by atoms with Crippen LogP contribution in [0.3, 0.4) is 0 Å². The first-order chi connectivity index (χ1) is 16.3. The molecular weight excluding hydrogens is 486 g/mol. The van der Waals surface area contributed by atoms with Gasteiger partial charge in [-0.3, -0.25) is 13.9 Å². The topological polar surface area (TPSA) is 86.8 Å². The molecule has 0 heterocycles. The Labute approximate surface area is 214 Å². The number of sulfonamides is 1. The summed E-state index contributed by atoms with van der Waals surface area (Å²) < 4.78 is 26.4. The fourth-order valence-corrected chi connectivity index (χ4v) is 4.54. The van der Waals surface area contributed by atoms with Crippen LogP contribution in [-0.2, 0) is 26.2 Å². The van der Waals surface area contributed by atoms with E-state index in [9.17, 15) is 18.0 Å². The minimum Gasteiger partial charge on any atom is -0.352 e. The molecule has 7 nitrogen and oxygen atoms in total. The summed E-state index contributed by atoms with van der Waals surface area (Å²) in [7, 11) is -3.77. The minimum absolute atomic E-state index is 0.0609. The van der Waals surface area contributed by atoms with E-state index in [1.807, 2.05) is 39.8 Å². The first-order valence-electron chi connectivity index (χ1n) is 11.8. The SMILES string of the molecule is CC[C@H](C)NC(=O)[C@@H](C)N(Cc1ccccc1Cl)C(=O)CN(c1ccc(C(C)C)cc1)S(C)(=O)=O. The van der Waals surface area contributed by atoms with Gasteiger partial charge < -0.3 is 10.2 Å². The monoisotopic (exact) mass is 521 g/mol. The fraction of sp³-hybridized carbons (Fsp3) is 0.462. The second-order valence-corrected chi connectivity index (χ2v) is 11.4. The van der Waals surface area contributed by atoms with Crippen LogP contribution in [-0.4, -0.2) is 50.0 Å². The van der Waals surface area contributed by atoms with Gasteiger partial charge in [-0.1, -0.05) is 62.7 Å². The van der Waals surface area contributed by atoms with Crippen molar-refractivity contribution in [2.45, 2.75) is 65.6 Å². The number of carbonyl (C=O) groups is 2. The Morgan fingerprint density at radius 3 is 2.11 bits per heavy atom. The van der Waals surface area contributed by atoms with Crippen molar-refractivity contribution in [1.82, 2.24) is 10.2 Å². The van der Waals surface area contributed by atoms with E-state index in [2.05, 4.69) is 5.32 Å². The van der Waals surface area contributed by atoms with Crippen molar-refractivity contribution >= 4 is 39.1 Å². The molecule has 2 atom stereocenters. The third-order valence-electron chi connectivity index (χ3n) is 5.99. The average Bonchev–Trinajstić information content (AvgIpc) is 2.80. The number of nitrogens with one attached hydrogen (secondary N) is 1. The molecule has 0 saturated carbocycles. The zero-order valence-corrected chi connectivity index (χ0v) is 22.9. The van der Waals surface area contributed by atoms with Gasteiger partial charge in [-0.2, -0.15) is 0 Å². The molecule has 192 valence electrons. The Morgan fingerprint density at radius 2 is 1.60 bits per heavy atom. The van der Waals surface area contributed by atoms with Gasteiger partial charge in [0.2, 0.25) is 21.8 Å². The Hall–Kier alpha value is -2.58. The van der Waals surface area contributed by atoms with Crippen molar-refractivity contribution in [3.8, 4) is 0 Å². The Bertz CT molecular complexity index is 1120. The lowest BCUT2D eigenvalue weighted by Gasteiger charge is -2.32. The number of rotatable bonds is 11. The van der Waals surface area contributed by atoms with E-state index in [1.165, 1.54) is 4.90 Å². The van der Waals surface area contributed by atoms with Gasteiger partial charge in [0.15, 0.2) is 0 Å². The van der Waals surface area contributed by atoms with Crippen LogP contribution >= 0.6 is 11.6 Å². The molecule has 2 aromatic rings. The van der Waals surface area contributed by atoms with Crippen molar-refractivity contribution in [2.24, 2.45) is 0 Å². The Balaban J connectivity index is 2.40. The molecule has 2 amide bonds. The van der Waals surface area contributed by atoms with Crippen LogP contribution in [0.4, 0.5) is 5.69 Å². The molecule has 0 aliphatic carbocycles. The van der Waals surface area contributed by atoms with E-state index in [0.29, 0.717) is 16.3 Å². The summed E-state index contributed by atoms with van der Waals surface area (Å²) in [4.78, 5) is 27.9. The van der Waals surface area contributed by atoms with Gasteiger partial charge in [0.25, 0.3) is 0 Å². The van der Waals surface area contributed by atoms with Crippen LogP contribution in [0.25, 0.3) is 0 Å². The van der Waals surface area contributed by atoms with Gasteiger partial charge in [0, 0.05) is 17.6 Å². The lowest BCUT2D eigenvalue weighted by atomic mass is 10.0. The van der Waals surface area contributed by atoms with Crippen molar-refractivity contribution in [3.63, 3.8) is 0 Å². The molecule has 0 unspecified atom stereocenters. The standard InChI is InChI=1S/C26H36ClN3O4S/c1-7-19(4)28-26(32)20(5)29(16-22-10-8-9-11-24(22)27)25(31)17-30(35(6,33)34)23-14-12-21(13-15-23)18(2)3/h8-15,18-20H,7,16-17H2,1-6H3,(H,28,32)/t19-,20+/m0/s1. The highest BCUT2D eigenvalue weighted by Crippen LogP contribution is 2.23. The predicted molar refractivity (Wildman–Crippen MR) is 142 cm³/mol. The normalized spacial score (nSPS) is 13.3. The van der Waals surface area contributed by atoms with Gasteiger partial charge in [0.1, 0.15) is 12.6 Å². The van der Waals surface area contributed by atoms with E-state index in [4.69, 9.17) is 11.6 Å². The number of hydrogen-bond acceptors (Lipinski definition) is 4. The maximum atomic E-state index is 13.6. The molecule has 0 fully saturated rings. The zero-order chi connectivity index (χ0) is 26.3. The molecule has 0 bridgehead atoms. The molecule has 0 radical (unpaired) electrons. The third-order valence-corrected chi connectivity index (χ3v) is 7.50. The highest BCUT2D eigenvalue weighted by molar-refractivity contribution is 7.92. The van der Waals surface area contributed by atoms with Gasteiger partial charge in [0.05, 0.1) is 11.9 Å². The van der Waals surface area contributed by atoms with Crippen LogP contribution in [0.2, 0.25) is 5.02 Å². The first-order valence-corrected chi connectivity index (χ1v) is 14.0. The molecule has 0 aliphatic rings. The number of benzene rings is 2. The second kappa shape index (κ2) is 12.4. The number of hydrogen-bond donors (Lipinski definition) is 1. The summed E-state index contributed by atoms with van der Waals surface area (Å²) in [5.74, 6) is -0.532. The quantitative estimate of drug-likeness (QED) is 0.469. The molecular formula is C26H36ClN3O4S. The zero-order valence-electron chi connectivity index (χ0n) is 21.3. The van der Waals surface area contributed by atoms with E-state index >= 15 is 0 Å². The highest BCUT2D eigenvalue weighted by Gasteiger charge is 2.30. The van der Waals surface area contributed by atoms with Crippen LogP contribution in [0.5, 0.6) is 0 Å². The first kappa shape index (κ1) is 28.7. The summed E-state index contributed by atoms with van der Waals surface area (Å²) in [6, 6.07) is 13.3. The summed E-state index contributed by atoms with van der Waals surface area (Å²) in [6.45, 7) is 9.20. The molecule has 0 saturated heterocycles. The van der Waals surface area contributed by atoms with Gasteiger partial charge in [-0.25, -0.2) is 8.42 Å². The molecule has 0 aliphatic heterocycles. The van der Waals surface area contributed by atoms with E-state index in [0.717, 1.165) is 22.5 Å². The average molecular weight is 522 g/mol. The maximum Gasteiger partial charge on any atom is 0.244 e. The maximum absolute atomic E-state index is 13.6. The van der Waals surface area contributed by atoms with Crippen molar-refractivity contribution in [3.05, 3.63) is 64.7 Å². The molecule has 35 heavy (non-hydrogen) atoms. The largest absolute Gasteiger partial charge is 0.352 e. The van der Waals surface area contributed by atoms with E-state index < -0.39 is 28.5 Å². The van der Waals surface area contributed by atoms with Crippen LogP contribution < -0.4 is 9.62 Å². The van der Waals surface area contributed by atoms with Crippen molar-refractivity contribution in [1.29, 1.82) is 0 Å². The summed E-state index contributed by atoms with van der Waals surface area (Å²) in [5.41, 5.74) is 2.11. The number of nitrogens with zero attached hydrogens (tertiary/aromatic N) is 2. The molecule has 9 heteroatoms. The lowest BCUT2D eigenvalue weighted by molar-refractivity contribution is -0.139. The molecule has 0 aromatic heterocycles. The van der Waals surface area contributed by atoms with Gasteiger partial charge in [-0.05, 0) is 55.5 Å². The molecule has 2 aromatic carbocycles. The van der Waals surface area contributed by atoms with E-state index in [1.54, 1.807) is 43.3 Å². The summed E-state index contributed by atoms with van der Waals surface area (Å²) >= 11 is 6.33. The van der Waals surface area contributed by atoms with E-state index in [-0.39, 0.29) is 24.4 Å². The second-order valence-electron chi connectivity index (χ2n) is 9.12. The molecule has 1 N–H and O–H groups in total. The highest BCUT2D eigenvalue weighted by atomic mass is 35.5. The van der Waals surface area contributed by atoms with Crippen LogP contribution in [0.15, 0.2) is 48.5 Å². The number of anilines is 1. The van der Waals surface area contributed by atoms with Gasteiger partial charge in [-0.15, -0.1) is 0 Å².